The van der Waals surface area contributed by atoms with Gasteiger partial charge in [-0.15, -0.1) is 0 Å². The second-order valence-electron chi connectivity index (χ2n) is 0.947. The van der Waals surface area contributed by atoms with Gasteiger partial charge < -0.3 is 44.5 Å². The van der Waals surface area contributed by atoms with E-state index in [9.17, 15) is 0 Å². The Bertz CT molecular complexity index is 267. The van der Waals surface area contributed by atoms with Crippen molar-refractivity contribution in [1.29, 1.82) is 0 Å². The van der Waals surface area contributed by atoms with Crippen LogP contribution in [0.5, 0.6) is 0 Å². The summed E-state index contributed by atoms with van der Waals surface area (Å²) in [6.45, 7) is 0. The number of rotatable bonds is 0. The maximum absolute atomic E-state index is 8.56. The number of hydrogen-bond donors (Lipinski definition) is 0. The standard InChI is InChI=1S/3Ca.2O3Si.3H2O.6O.2V/c;;;2*1-4(2)3;;;;;;;;;;;/h;;;;;3*1H2;;;;;;;;/q3*+2;2*-2;;;;;;;;2*-1;;. The molecule has 0 aromatic carbocycles. The van der Waals surface area contributed by atoms with Crippen molar-refractivity contribution in [3.63, 3.8) is 0 Å². The molecular weight excluding hydrogens is 518 g/mol. The van der Waals surface area contributed by atoms with Crippen LogP contribution in [-0.2, 0) is 54.4 Å². The molecule has 22 heteroatoms. The number of hydrogen-bond acceptors (Lipinski definition) is 12. The molecule has 22 heavy (non-hydrogen) atoms. The molecule has 0 amide bonds. The van der Waals surface area contributed by atoms with Gasteiger partial charge in [0, 0.05) is 18.3 Å². The maximum atomic E-state index is 8.56. The first-order valence-electron chi connectivity index (χ1n) is 2.32. The Morgan fingerprint density at radius 1 is 0.545 bits per heavy atom. The molecule has 0 atom stereocenters. The molecule has 15 nitrogen and oxygen atoms in total. The zero-order valence-electron chi connectivity index (χ0n) is 10.4. The summed E-state index contributed by atoms with van der Waals surface area (Å²) >= 11 is -7.88. The average molecular weight is 524 g/mol. The fourth-order valence-electron chi connectivity index (χ4n) is 0. The Balaban J connectivity index is -0.00000001000. The monoisotopic (exact) mass is 524 g/mol. The summed E-state index contributed by atoms with van der Waals surface area (Å²) in [7, 11) is -7.26. The molecule has 0 radical (unpaired) electrons. The van der Waals surface area contributed by atoms with Gasteiger partial charge in [0.1, 0.15) is 0 Å². The minimum absolute atomic E-state index is 0. The van der Waals surface area contributed by atoms with Gasteiger partial charge >= 0.3 is 167 Å². The fraction of sp³-hybridized carbons (Fsp3) is 0. The molecule has 0 spiro atoms. The molecular formula is H6Ca3O15Si2V2. The van der Waals surface area contributed by atoms with Crippen molar-refractivity contribution in [3.8, 4) is 0 Å². The SMILES string of the molecule is O.O.O.O=[Si]([O-])[O-].O=[Si]([O-])[O-].[Ca+2].[Ca+2].[Ca+2].[O]=[V](=[O])[O-].[O]=[V](=[O])[O-]. The second kappa shape index (κ2) is 56.4. The van der Waals surface area contributed by atoms with E-state index in [4.69, 9.17) is 50.9 Å². The van der Waals surface area contributed by atoms with Crippen molar-refractivity contribution >= 4 is 132 Å². The predicted octanol–water partition coefficient (Wildman–Crippen LogP) is -12.2. The van der Waals surface area contributed by atoms with Crippen molar-refractivity contribution < 1.29 is 98.1 Å². The predicted molar refractivity (Wildman–Crippen MR) is 43.7 cm³/mol. The third kappa shape index (κ3) is 1130. The molecule has 0 aliphatic carbocycles. The second-order valence-corrected chi connectivity index (χ2v) is 3.34. The molecule has 0 aromatic rings. The first kappa shape index (κ1) is 63.9. The summed E-state index contributed by atoms with van der Waals surface area (Å²) in [5.74, 6) is 0. The van der Waals surface area contributed by atoms with E-state index in [1.165, 1.54) is 0 Å². The van der Waals surface area contributed by atoms with Gasteiger partial charge in [0.2, 0.25) is 0 Å². The molecule has 0 aliphatic rings. The molecule has 0 saturated heterocycles. The van der Waals surface area contributed by atoms with E-state index in [2.05, 4.69) is 0 Å². The van der Waals surface area contributed by atoms with Gasteiger partial charge in [0.25, 0.3) is 0 Å². The van der Waals surface area contributed by atoms with E-state index in [0.29, 0.717) is 0 Å². The van der Waals surface area contributed by atoms with E-state index in [1.807, 2.05) is 0 Å². The van der Waals surface area contributed by atoms with Crippen LogP contribution in [0.2, 0.25) is 0 Å². The third-order valence-electron chi connectivity index (χ3n) is 0. The van der Waals surface area contributed by atoms with Crippen LogP contribution in [0.15, 0.2) is 0 Å². The van der Waals surface area contributed by atoms with Crippen LogP contribution in [0.1, 0.15) is 0 Å². The van der Waals surface area contributed by atoms with Gasteiger partial charge in [-0.2, -0.15) is 0 Å². The van der Waals surface area contributed by atoms with Gasteiger partial charge in [-0.1, -0.05) is 0 Å². The molecule has 0 fully saturated rings. The van der Waals surface area contributed by atoms with Gasteiger partial charge in [0.15, 0.2) is 0 Å². The Hall–Kier alpha value is 3.18. The van der Waals surface area contributed by atoms with Crippen LogP contribution >= 0.6 is 0 Å². The summed E-state index contributed by atoms with van der Waals surface area (Å²) < 4.78 is 68.4. The van der Waals surface area contributed by atoms with E-state index < -0.39 is 49.1 Å². The Morgan fingerprint density at radius 2 is 0.545 bits per heavy atom. The van der Waals surface area contributed by atoms with Crippen LogP contribution in [0.3, 0.4) is 0 Å². The summed E-state index contributed by atoms with van der Waals surface area (Å²) in [5.41, 5.74) is 0. The van der Waals surface area contributed by atoms with Crippen molar-refractivity contribution in [1.82, 2.24) is 0 Å². The fourth-order valence-corrected chi connectivity index (χ4v) is 0. The van der Waals surface area contributed by atoms with E-state index in [0.717, 1.165) is 0 Å². The first-order chi connectivity index (χ1) is 6.93. The molecule has 0 heterocycles. The zero-order chi connectivity index (χ0) is 14.3. The van der Waals surface area contributed by atoms with Gasteiger partial charge in [-0.25, -0.2) is 0 Å². The molecule has 120 valence electrons. The van der Waals surface area contributed by atoms with Crippen molar-refractivity contribution in [3.05, 3.63) is 0 Å². The normalized spacial score (nSPS) is 4.45. The van der Waals surface area contributed by atoms with E-state index in [1.54, 1.807) is 0 Å². The quantitative estimate of drug-likeness (QED) is 0.266. The van der Waals surface area contributed by atoms with Crippen LogP contribution in [0, 0.1) is 0 Å². The topological polar surface area (TPSA) is 335 Å². The molecule has 0 rings (SSSR count). The minimum atomic E-state index is -3.94. The van der Waals surface area contributed by atoms with Crippen molar-refractivity contribution in [2.45, 2.75) is 0 Å². The molecule has 0 aliphatic heterocycles. The van der Waals surface area contributed by atoms with Gasteiger partial charge in [-0.05, 0) is 0 Å². The summed E-state index contributed by atoms with van der Waals surface area (Å²) in [6.07, 6.45) is 0. The first-order valence-corrected chi connectivity index (χ1v) is 8.19. The summed E-state index contributed by atoms with van der Waals surface area (Å²) in [4.78, 5) is 34.1. The Labute approximate surface area is 225 Å². The van der Waals surface area contributed by atoms with Crippen LogP contribution < -0.4 is 27.2 Å². The van der Waals surface area contributed by atoms with E-state index >= 15 is 0 Å². The molecule has 0 bridgehead atoms. The van der Waals surface area contributed by atoms with Gasteiger partial charge in [0.05, 0.1) is 0 Å². The summed E-state index contributed by atoms with van der Waals surface area (Å²) in [6, 6.07) is 0. The van der Waals surface area contributed by atoms with Crippen molar-refractivity contribution in [2.24, 2.45) is 0 Å². The van der Waals surface area contributed by atoms with Crippen molar-refractivity contribution in [2.75, 3.05) is 0 Å². The Kier molecular flexibility index (Phi) is 164. The van der Waals surface area contributed by atoms with Gasteiger partial charge in [-0.3, -0.25) is 0 Å². The van der Waals surface area contributed by atoms with Crippen LogP contribution in [0.4, 0.5) is 0 Å². The van der Waals surface area contributed by atoms with Crippen LogP contribution in [0.25, 0.3) is 0 Å². The molecule has 0 saturated carbocycles. The molecule has 0 aromatic heterocycles. The van der Waals surface area contributed by atoms with E-state index in [-0.39, 0.29) is 130 Å². The summed E-state index contributed by atoms with van der Waals surface area (Å²) in [5, 5.41) is 0. The van der Waals surface area contributed by atoms with Crippen LogP contribution in [-0.4, -0.2) is 148 Å². The zero-order valence-corrected chi connectivity index (χ0v) is 21.8. The average Bonchev–Trinajstić information content (AvgIpc) is 1.76. The third-order valence-corrected chi connectivity index (χ3v) is 0. The Morgan fingerprint density at radius 3 is 0.545 bits per heavy atom. The molecule has 0 unspecified atom stereocenters. The molecule has 6 N–H and O–H groups in total.